The molecule has 5 heteroatoms. The number of rotatable bonds is 3. The van der Waals surface area contributed by atoms with E-state index in [1.807, 2.05) is 24.3 Å². The van der Waals surface area contributed by atoms with Gasteiger partial charge in [-0.05, 0) is 30.4 Å². The third-order valence-corrected chi connectivity index (χ3v) is 3.39. The highest BCUT2D eigenvalue weighted by Crippen LogP contribution is 2.15. The standard InChI is InChI=1S/C15H15NO4/c17-14-11(8-10-4-1-2-5-12(10)16-14)9-20-15(18)13-6-3-7-19-13/h1-2,4-5,8,13H,3,6-7,9H2,(H,16,17)/t13-/m1/s1. The van der Waals surface area contributed by atoms with Crippen LogP contribution in [0.2, 0.25) is 0 Å². The molecule has 1 fully saturated rings. The fourth-order valence-corrected chi connectivity index (χ4v) is 2.31. The summed E-state index contributed by atoms with van der Waals surface area (Å²) in [4.78, 5) is 26.4. The Morgan fingerprint density at radius 2 is 2.25 bits per heavy atom. The SMILES string of the molecule is O=C(OCc1cc2ccccc2[nH]c1=O)[C@H]1CCCO1. The van der Waals surface area contributed by atoms with Gasteiger partial charge in [0, 0.05) is 12.1 Å². The van der Waals surface area contributed by atoms with Crippen molar-refractivity contribution in [3.8, 4) is 0 Å². The third-order valence-electron chi connectivity index (χ3n) is 3.39. The fraction of sp³-hybridized carbons (Fsp3) is 0.333. The first-order valence-corrected chi connectivity index (χ1v) is 6.63. The summed E-state index contributed by atoms with van der Waals surface area (Å²) in [6.07, 6.45) is 1.08. The van der Waals surface area contributed by atoms with E-state index in [1.54, 1.807) is 6.07 Å². The maximum atomic E-state index is 11.9. The minimum Gasteiger partial charge on any atom is -0.459 e. The van der Waals surface area contributed by atoms with Crippen molar-refractivity contribution in [1.29, 1.82) is 0 Å². The van der Waals surface area contributed by atoms with Gasteiger partial charge in [-0.25, -0.2) is 4.79 Å². The van der Waals surface area contributed by atoms with E-state index in [4.69, 9.17) is 9.47 Å². The van der Waals surface area contributed by atoms with Gasteiger partial charge in [-0.15, -0.1) is 0 Å². The normalized spacial score (nSPS) is 18.3. The second-order valence-electron chi connectivity index (χ2n) is 4.82. The summed E-state index contributed by atoms with van der Waals surface area (Å²) in [7, 11) is 0. The molecule has 1 aromatic carbocycles. The van der Waals surface area contributed by atoms with Gasteiger partial charge in [0.15, 0.2) is 6.10 Å². The van der Waals surface area contributed by atoms with E-state index in [1.165, 1.54) is 0 Å². The lowest BCUT2D eigenvalue weighted by molar-refractivity contribution is -0.155. The lowest BCUT2D eigenvalue weighted by Crippen LogP contribution is -2.23. The second-order valence-corrected chi connectivity index (χ2v) is 4.82. The number of benzene rings is 1. The molecule has 3 rings (SSSR count). The summed E-state index contributed by atoms with van der Waals surface area (Å²) in [5, 5.41) is 0.912. The van der Waals surface area contributed by atoms with E-state index in [9.17, 15) is 9.59 Å². The molecule has 0 unspecified atom stereocenters. The van der Waals surface area contributed by atoms with Gasteiger partial charge >= 0.3 is 5.97 Å². The molecule has 0 radical (unpaired) electrons. The molecular formula is C15H15NO4. The van der Waals surface area contributed by atoms with E-state index in [2.05, 4.69) is 4.98 Å². The highest BCUT2D eigenvalue weighted by molar-refractivity contribution is 5.79. The molecule has 0 amide bonds. The Kier molecular flexibility index (Phi) is 3.52. The number of aromatic amines is 1. The highest BCUT2D eigenvalue weighted by atomic mass is 16.6. The molecule has 0 bridgehead atoms. The Hall–Kier alpha value is -2.14. The van der Waals surface area contributed by atoms with Gasteiger partial charge in [-0.2, -0.15) is 0 Å². The Labute approximate surface area is 115 Å². The maximum Gasteiger partial charge on any atom is 0.335 e. The number of carbonyl (C=O) groups excluding carboxylic acids is 1. The van der Waals surface area contributed by atoms with Gasteiger partial charge in [0.05, 0.1) is 5.56 Å². The molecule has 1 aliphatic heterocycles. The van der Waals surface area contributed by atoms with E-state index >= 15 is 0 Å². The van der Waals surface area contributed by atoms with Gasteiger partial charge in [0.25, 0.3) is 5.56 Å². The average molecular weight is 273 g/mol. The van der Waals surface area contributed by atoms with Crippen molar-refractivity contribution in [2.24, 2.45) is 0 Å². The molecule has 0 saturated carbocycles. The number of H-pyrrole nitrogens is 1. The number of hydrogen-bond donors (Lipinski definition) is 1. The molecule has 1 atom stereocenters. The minimum atomic E-state index is -0.477. The summed E-state index contributed by atoms with van der Waals surface area (Å²) in [5.41, 5.74) is 0.977. The number of esters is 1. The predicted octanol–water partition coefficient (Wildman–Crippen LogP) is 1.75. The van der Waals surface area contributed by atoms with Crippen molar-refractivity contribution >= 4 is 16.9 Å². The zero-order chi connectivity index (χ0) is 13.9. The van der Waals surface area contributed by atoms with Gasteiger partial charge in [0.1, 0.15) is 6.61 Å². The monoisotopic (exact) mass is 273 g/mol. The van der Waals surface area contributed by atoms with Crippen molar-refractivity contribution in [3.05, 3.63) is 46.2 Å². The van der Waals surface area contributed by atoms with Crippen LogP contribution >= 0.6 is 0 Å². The number of ether oxygens (including phenoxy) is 2. The molecule has 1 aromatic heterocycles. The van der Waals surface area contributed by atoms with Gasteiger partial charge in [-0.3, -0.25) is 4.79 Å². The Bertz CT molecular complexity index is 686. The summed E-state index contributed by atoms with van der Waals surface area (Å²) in [5.74, 6) is -0.393. The van der Waals surface area contributed by atoms with Crippen LogP contribution in [-0.2, 0) is 20.9 Å². The van der Waals surface area contributed by atoms with Gasteiger partial charge in [0.2, 0.25) is 0 Å². The fourth-order valence-electron chi connectivity index (χ4n) is 2.31. The van der Waals surface area contributed by atoms with Crippen LogP contribution in [0.3, 0.4) is 0 Å². The Morgan fingerprint density at radius 1 is 1.40 bits per heavy atom. The molecule has 2 heterocycles. The van der Waals surface area contributed by atoms with Crippen molar-refractivity contribution in [2.75, 3.05) is 6.61 Å². The molecule has 1 aliphatic rings. The molecule has 104 valence electrons. The first-order valence-electron chi connectivity index (χ1n) is 6.63. The van der Waals surface area contributed by atoms with Crippen LogP contribution in [0.1, 0.15) is 18.4 Å². The highest BCUT2D eigenvalue weighted by Gasteiger charge is 2.25. The zero-order valence-corrected chi connectivity index (χ0v) is 10.9. The van der Waals surface area contributed by atoms with Crippen LogP contribution in [0.4, 0.5) is 0 Å². The number of nitrogens with one attached hydrogen (secondary N) is 1. The second kappa shape index (κ2) is 5.46. The Balaban J connectivity index is 1.75. The number of carbonyl (C=O) groups is 1. The molecule has 1 saturated heterocycles. The third kappa shape index (κ3) is 2.58. The van der Waals surface area contributed by atoms with Crippen molar-refractivity contribution in [2.45, 2.75) is 25.6 Å². The summed E-state index contributed by atoms with van der Waals surface area (Å²) >= 11 is 0. The average Bonchev–Trinajstić information content (AvgIpc) is 2.99. The first-order chi connectivity index (χ1) is 9.74. The smallest absolute Gasteiger partial charge is 0.335 e. The van der Waals surface area contributed by atoms with Crippen LogP contribution in [0, 0.1) is 0 Å². The van der Waals surface area contributed by atoms with E-state index in [0.717, 1.165) is 17.3 Å². The van der Waals surface area contributed by atoms with Gasteiger partial charge in [-0.1, -0.05) is 18.2 Å². The van der Waals surface area contributed by atoms with E-state index in [-0.39, 0.29) is 12.2 Å². The number of pyridine rings is 1. The van der Waals surface area contributed by atoms with Crippen LogP contribution in [0.5, 0.6) is 0 Å². The van der Waals surface area contributed by atoms with Crippen molar-refractivity contribution < 1.29 is 14.3 Å². The summed E-state index contributed by atoms with van der Waals surface area (Å²) in [6, 6.07) is 9.23. The number of para-hydroxylation sites is 1. The largest absolute Gasteiger partial charge is 0.459 e. The first kappa shape index (κ1) is 12.9. The van der Waals surface area contributed by atoms with Crippen LogP contribution in [-0.4, -0.2) is 23.7 Å². The van der Waals surface area contributed by atoms with Crippen molar-refractivity contribution in [3.63, 3.8) is 0 Å². The summed E-state index contributed by atoms with van der Waals surface area (Å²) < 4.78 is 10.4. The lowest BCUT2D eigenvalue weighted by atomic mass is 10.1. The van der Waals surface area contributed by atoms with Crippen LogP contribution in [0.25, 0.3) is 10.9 Å². The molecule has 1 N–H and O–H groups in total. The molecule has 2 aromatic rings. The zero-order valence-electron chi connectivity index (χ0n) is 10.9. The Morgan fingerprint density at radius 3 is 3.05 bits per heavy atom. The molecular weight excluding hydrogens is 258 g/mol. The number of fused-ring (bicyclic) bond motifs is 1. The number of hydrogen-bond acceptors (Lipinski definition) is 4. The topological polar surface area (TPSA) is 68.4 Å². The van der Waals surface area contributed by atoms with Crippen LogP contribution < -0.4 is 5.56 Å². The minimum absolute atomic E-state index is 0.0289. The predicted molar refractivity (Wildman–Crippen MR) is 73.3 cm³/mol. The van der Waals surface area contributed by atoms with Crippen LogP contribution in [0.15, 0.2) is 35.1 Å². The molecule has 0 spiro atoms. The quantitative estimate of drug-likeness (QED) is 0.865. The maximum absolute atomic E-state index is 11.9. The van der Waals surface area contributed by atoms with E-state index < -0.39 is 12.1 Å². The summed E-state index contributed by atoms with van der Waals surface area (Å²) in [6.45, 7) is 0.565. The van der Waals surface area contributed by atoms with E-state index in [0.29, 0.717) is 18.6 Å². The molecule has 5 nitrogen and oxygen atoms in total. The van der Waals surface area contributed by atoms with Crippen molar-refractivity contribution in [1.82, 2.24) is 4.98 Å². The molecule has 20 heavy (non-hydrogen) atoms. The molecule has 0 aliphatic carbocycles. The van der Waals surface area contributed by atoms with Gasteiger partial charge < -0.3 is 14.5 Å². The number of aromatic nitrogens is 1. The lowest BCUT2D eigenvalue weighted by Gasteiger charge is -2.09.